The molecule has 2 rings (SSSR count). The lowest BCUT2D eigenvalue weighted by Gasteiger charge is -2.17. The van der Waals surface area contributed by atoms with Gasteiger partial charge in [-0.25, -0.2) is 8.42 Å². The molecular weight excluding hydrogens is 344 g/mol. The topological polar surface area (TPSA) is 76.5 Å². The molecule has 5 nitrogen and oxygen atoms in total. The van der Waals surface area contributed by atoms with Gasteiger partial charge in [-0.05, 0) is 52.7 Å². The van der Waals surface area contributed by atoms with E-state index in [9.17, 15) is 8.42 Å². The first-order valence-corrected chi connectivity index (χ1v) is 8.10. The number of sulfonamides is 1. The Morgan fingerprint density at radius 2 is 2.00 bits per heavy atom. The number of rotatable bonds is 4. The molecule has 0 amide bonds. The van der Waals surface area contributed by atoms with Crippen LogP contribution in [0.5, 0.6) is 0 Å². The number of halogens is 1. The quantitative estimate of drug-likeness (QED) is 0.852. The molecular formula is C13H15BrN2O3S. The van der Waals surface area contributed by atoms with E-state index in [-0.39, 0.29) is 11.4 Å². The summed E-state index contributed by atoms with van der Waals surface area (Å²) in [5, 5.41) is 0. The minimum absolute atomic E-state index is 0.155. The van der Waals surface area contributed by atoms with Crippen molar-refractivity contribution >= 4 is 31.6 Å². The third-order valence-corrected chi connectivity index (χ3v) is 5.28. The number of hydrogen-bond acceptors (Lipinski definition) is 4. The Morgan fingerprint density at radius 3 is 2.60 bits per heavy atom. The molecule has 7 heteroatoms. The average molecular weight is 359 g/mol. The molecule has 0 unspecified atom stereocenters. The molecule has 0 fully saturated rings. The number of nitrogens with two attached hydrogens (primary N) is 1. The number of aryl methyl sites for hydroxylation is 1. The molecule has 1 heterocycles. The average Bonchev–Trinajstić information content (AvgIpc) is 2.77. The smallest absolute Gasteiger partial charge is 0.243 e. The summed E-state index contributed by atoms with van der Waals surface area (Å²) in [6.45, 7) is 1.89. The van der Waals surface area contributed by atoms with Crippen LogP contribution in [0.3, 0.4) is 0 Å². The molecule has 0 aliphatic heterocycles. The Balaban J connectivity index is 2.32. The maximum Gasteiger partial charge on any atom is 0.243 e. The largest absolute Gasteiger partial charge is 0.453 e. The lowest BCUT2D eigenvalue weighted by atomic mass is 10.2. The van der Waals surface area contributed by atoms with Gasteiger partial charge in [-0.3, -0.25) is 0 Å². The fourth-order valence-corrected chi connectivity index (χ4v) is 3.54. The van der Waals surface area contributed by atoms with Crippen LogP contribution in [0, 0.1) is 6.92 Å². The summed E-state index contributed by atoms with van der Waals surface area (Å²) in [7, 11) is -2.09. The Kier molecular flexibility index (Phi) is 4.22. The van der Waals surface area contributed by atoms with Crippen LogP contribution in [0.1, 0.15) is 11.3 Å². The molecule has 0 spiro atoms. The van der Waals surface area contributed by atoms with Crippen molar-refractivity contribution in [1.82, 2.24) is 4.31 Å². The van der Waals surface area contributed by atoms with Crippen LogP contribution < -0.4 is 5.73 Å². The highest BCUT2D eigenvalue weighted by Crippen LogP contribution is 2.23. The normalized spacial score (nSPS) is 12.0. The van der Waals surface area contributed by atoms with Gasteiger partial charge in [0, 0.05) is 12.7 Å². The van der Waals surface area contributed by atoms with E-state index < -0.39 is 10.0 Å². The van der Waals surface area contributed by atoms with Crippen molar-refractivity contribution in [3.63, 3.8) is 0 Å². The van der Waals surface area contributed by atoms with E-state index in [1.807, 2.05) is 0 Å². The lowest BCUT2D eigenvalue weighted by molar-refractivity contribution is 0.398. The second-order valence-electron chi connectivity index (χ2n) is 4.49. The third-order valence-electron chi connectivity index (χ3n) is 2.91. The van der Waals surface area contributed by atoms with Crippen LogP contribution >= 0.6 is 15.9 Å². The van der Waals surface area contributed by atoms with E-state index in [0.29, 0.717) is 21.7 Å². The summed E-state index contributed by atoms with van der Waals surface area (Å²) < 4.78 is 32.2. The lowest BCUT2D eigenvalue weighted by Crippen LogP contribution is -2.27. The molecule has 0 atom stereocenters. The molecule has 0 bridgehead atoms. The Morgan fingerprint density at radius 1 is 1.30 bits per heavy atom. The molecule has 2 N–H and O–H groups in total. The number of hydrogen-bond donors (Lipinski definition) is 1. The Hall–Kier alpha value is -1.31. The number of anilines is 1. The summed E-state index contributed by atoms with van der Waals surface area (Å²) in [6, 6.07) is 8.29. The summed E-state index contributed by atoms with van der Waals surface area (Å²) >= 11 is 3.19. The minimum atomic E-state index is -3.60. The second kappa shape index (κ2) is 5.59. The van der Waals surface area contributed by atoms with Crippen LogP contribution in [-0.2, 0) is 16.6 Å². The highest BCUT2D eigenvalue weighted by atomic mass is 79.9. The Labute approximate surface area is 126 Å². The van der Waals surface area contributed by atoms with Crippen LogP contribution in [0.25, 0.3) is 0 Å². The molecule has 0 aliphatic rings. The number of nitrogen functional groups attached to an aromatic ring is 1. The van der Waals surface area contributed by atoms with Crippen molar-refractivity contribution in [3.8, 4) is 0 Å². The molecule has 1 aromatic heterocycles. The molecule has 108 valence electrons. The zero-order valence-corrected chi connectivity index (χ0v) is 13.5. The van der Waals surface area contributed by atoms with Crippen LogP contribution in [0.15, 0.2) is 44.3 Å². The summed E-state index contributed by atoms with van der Waals surface area (Å²) in [5.41, 5.74) is 6.75. The highest BCUT2D eigenvalue weighted by Gasteiger charge is 2.24. The van der Waals surface area contributed by atoms with Crippen molar-refractivity contribution in [2.24, 2.45) is 0 Å². The van der Waals surface area contributed by atoms with Crippen molar-refractivity contribution in [2.75, 3.05) is 12.8 Å². The van der Waals surface area contributed by atoms with Crippen molar-refractivity contribution < 1.29 is 12.8 Å². The monoisotopic (exact) mass is 358 g/mol. The SMILES string of the molecule is Cc1ccc(N)cc1S(=O)(=O)N(C)Cc1ccc(Br)o1. The van der Waals surface area contributed by atoms with Gasteiger partial charge in [0.25, 0.3) is 0 Å². The van der Waals surface area contributed by atoms with E-state index in [1.165, 1.54) is 17.4 Å². The van der Waals surface area contributed by atoms with Crippen molar-refractivity contribution in [1.29, 1.82) is 0 Å². The molecule has 0 saturated heterocycles. The summed E-state index contributed by atoms with van der Waals surface area (Å²) in [5.74, 6) is 0.560. The molecule has 20 heavy (non-hydrogen) atoms. The van der Waals surface area contributed by atoms with E-state index in [0.717, 1.165) is 0 Å². The van der Waals surface area contributed by atoms with Gasteiger partial charge in [0.1, 0.15) is 5.76 Å². The molecule has 0 aliphatic carbocycles. The second-order valence-corrected chi connectivity index (χ2v) is 7.29. The zero-order valence-electron chi connectivity index (χ0n) is 11.1. The molecule has 2 aromatic rings. The number of nitrogens with zero attached hydrogens (tertiary/aromatic N) is 1. The fraction of sp³-hybridized carbons (Fsp3) is 0.231. The van der Waals surface area contributed by atoms with Gasteiger partial charge in [-0.1, -0.05) is 6.07 Å². The predicted octanol–water partition coefficient (Wildman–Crippen LogP) is 2.75. The van der Waals surface area contributed by atoms with Crippen LogP contribution in [0.4, 0.5) is 5.69 Å². The fourth-order valence-electron chi connectivity index (χ4n) is 1.80. The van der Waals surface area contributed by atoms with E-state index >= 15 is 0 Å². The van der Waals surface area contributed by atoms with Gasteiger partial charge in [0.05, 0.1) is 11.4 Å². The highest BCUT2D eigenvalue weighted by molar-refractivity contribution is 9.10. The van der Waals surface area contributed by atoms with Gasteiger partial charge < -0.3 is 10.2 Å². The first kappa shape index (κ1) is 15.1. The van der Waals surface area contributed by atoms with E-state index in [1.54, 1.807) is 31.2 Å². The van der Waals surface area contributed by atoms with Gasteiger partial charge in [-0.2, -0.15) is 4.31 Å². The van der Waals surface area contributed by atoms with Gasteiger partial charge in [0.15, 0.2) is 4.67 Å². The first-order valence-electron chi connectivity index (χ1n) is 5.87. The van der Waals surface area contributed by atoms with Gasteiger partial charge >= 0.3 is 0 Å². The van der Waals surface area contributed by atoms with E-state index in [4.69, 9.17) is 10.2 Å². The minimum Gasteiger partial charge on any atom is -0.453 e. The predicted molar refractivity (Wildman–Crippen MR) is 80.7 cm³/mol. The first-order chi connectivity index (χ1) is 9.30. The maximum absolute atomic E-state index is 12.5. The molecule has 0 radical (unpaired) electrons. The van der Waals surface area contributed by atoms with Gasteiger partial charge in [-0.15, -0.1) is 0 Å². The summed E-state index contributed by atoms with van der Waals surface area (Å²) in [6.07, 6.45) is 0. The third kappa shape index (κ3) is 3.05. The summed E-state index contributed by atoms with van der Waals surface area (Å²) in [4.78, 5) is 0.214. The zero-order chi connectivity index (χ0) is 14.9. The molecule has 1 aromatic carbocycles. The van der Waals surface area contributed by atoms with Crippen LogP contribution in [-0.4, -0.2) is 19.8 Å². The van der Waals surface area contributed by atoms with Crippen molar-refractivity contribution in [2.45, 2.75) is 18.4 Å². The van der Waals surface area contributed by atoms with E-state index in [2.05, 4.69) is 15.9 Å². The maximum atomic E-state index is 12.5. The molecule has 0 saturated carbocycles. The number of benzene rings is 1. The van der Waals surface area contributed by atoms with Crippen LogP contribution in [0.2, 0.25) is 0 Å². The van der Waals surface area contributed by atoms with Gasteiger partial charge in [0.2, 0.25) is 10.0 Å². The Bertz CT molecular complexity index is 725. The van der Waals surface area contributed by atoms with Crippen molar-refractivity contribution in [3.05, 3.63) is 46.3 Å². The standard InChI is InChI=1S/C13H15BrN2O3S/c1-9-3-4-10(15)7-12(9)20(17,18)16(2)8-11-5-6-13(14)19-11/h3-7H,8,15H2,1-2H3. The number of furan rings is 1.